The van der Waals surface area contributed by atoms with Crippen LogP contribution in [0.4, 0.5) is 0 Å². The Morgan fingerprint density at radius 3 is 2.53 bits per heavy atom. The molecule has 0 aliphatic carbocycles. The van der Waals surface area contributed by atoms with E-state index in [4.69, 9.17) is 11.6 Å². The van der Waals surface area contributed by atoms with E-state index in [9.17, 15) is 5.11 Å². The molecule has 2 N–H and O–H groups in total. The van der Waals surface area contributed by atoms with E-state index < -0.39 is 0 Å². The van der Waals surface area contributed by atoms with Gasteiger partial charge in [-0.1, -0.05) is 63.9 Å². The van der Waals surface area contributed by atoms with E-state index >= 15 is 0 Å². The maximum atomic E-state index is 9.48. The number of nitrogens with one attached hydrogen (secondary N) is 1. The molecule has 0 amide bonds. The van der Waals surface area contributed by atoms with Crippen LogP contribution in [0.15, 0.2) is 53.0 Å². The Bertz CT molecular complexity index is 533. The maximum absolute atomic E-state index is 9.48. The second-order valence-corrected chi connectivity index (χ2v) is 5.55. The minimum Gasteiger partial charge on any atom is -0.394 e. The lowest BCUT2D eigenvalue weighted by molar-refractivity contribution is 0.243. The Labute approximate surface area is 126 Å². The highest BCUT2D eigenvalue weighted by Crippen LogP contribution is 2.22. The zero-order valence-corrected chi connectivity index (χ0v) is 12.7. The van der Waals surface area contributed by atoms with Gasteiger partial charge in [0.2, 0.25) is 0 Å². The van der Waals surface area contributed by atoms with E-state index in [1.54, 1.807) is 0 Å². The van der Waals surface area contributed by atoms with Crippen LogP contribution < -0.4 is 5.32 Å². The highest BCUT2D eigenvalue weighted by molar-refractivity contribution is 9.10. The van der Waals surface area contributed by atoms with Gasteiger partial charge in [0.15, 0.2) is 0 Å². The van der Waals surface area contributed by atoms with Crippen molar-refractivity contribution in [1.29, 1.82) is 0 Å². The van der Waals surface area contributed by atoms with Crippen molar-refractivity contribution in [2.45, 2.75) is 12.6 Å². The van der Waals surface area contributed by atoms with Gasteiger partial charge in [-0.15, -0.1) is 0 Å². The summed E-state index contributed by atoms with van der Waals surface area (Å²) in [7, 11) is 0. The molecule has 0 spiro atoms. The van der Waals surface area contributed by atoms with Gasteiger partial charge in [-0.25, -0.2) is 0 Å². The quantitative estimate of drug-likeness (QED) is 0.864. The fraction of sp³-hybridized carbons (Fsp3) is 0.200. The molecule has 100 valence electrons. The van der Waals surface area contributed by atoms with Gasteiger partial charge in [-0.3, -0.25) is 0 Å². The van der Waals surface area contributed by atoms with Crippen LogP contribution >= 0.6 is 27.5 Å². The average Bonchev–Trinajstić information content (AvgIpc) is 2.43. The number of halogens is 2. The van der Waals surface area contributed by atoms with E-state index in [2.05, 4.69) is 21.2 Å². The summed E-state index contributed by atoms with van der Waals surface area (Å²) in [4.78, 5) is 0. The molecule has 0 aliphatic heterocycles. The monoisotopic (exact) mass is 339 g/mol. The van der Waals surface area contributed by atoms with Gasteiger partial charge in [-0.05, 0) is 23.3 Å². The predicted molar refractivity (Wildman–Crippen MR) is 82.3 cm³/mol. The zero-order valence-electron chi connectivity index (χ0n) is 10.3. The first kappa shape index (κ1) is 14.5. The average molecular weight is 341 g/mol. The van der Waals surface area contributed by atoms with Crippen molar-refractivity contribution in [1.82, 2.24) is 5.32 Å². The summed E-state index contributed by atoms with van der Waals surface area (Å²) >= 11 is 9.40. The van der Waals surface area contributed by atoms with Crippen LogP contribution in [0.5, 0.6) is 0 Å². The van der Waals surface area contributed by atoms with E-state index in [-0.39, 0.29) is 12.6 Å². The SMILES string of the molecule is OC[C@@H](NCc1ccc(Cl)cc1Br)c1ccccc1. The Morgan fingerprint density at radius 2 is 1.89 bits per heavy atom. The molecular formula is C15H15BrClNO. The summed E-state index contributed by atoms with van der Waals surface area (Å²) in [6.45, 7) is 0.729. The van der Waals surface area contributed by atoms with Crippen LogP contribution in [-0.2, 0) is 6.54 Å². The van der Waals surface area contributed by atoms with Gasteiger partial charge in [0.1, 0.15) is 0 Å². The Kier molecular flexibility index (Phi) is 5.40. The molecule has 4 heteroatoms. The molecule has 0 bridgehead atoms. The molecule has 2 rings (SSSR count). The fourth-order valence-corrected chi connectivity index (χ4v) is 2.69. The molecule has 1 atom stereocenters. The molecule has 2 aromatic rings. The summed E-state index contributed by atoms with van der Waals surface area (Å²) in [5.41, 5.74) is 2.19. The van der Waals surface area contributed by atoms with Gasteiger partial charge in [0, 0.05) is 16.0 Å². The molecule has 0 fully saturated rings. The minimum atomic E-state index is -0.0659. The molecule has 0 saturated heterocycles. The van der Waals surface area contributed by atoms with Crippen LogP contribution in [0.3, 0.4) is 0 Å². The number of hydrogen-bond acceptors (Lipinski definition) is 2. The van der Waals surface area contributed by atoms with Crippen LogP contribution in [0.2, 0.25) is 5.02 Å². The summed E-state index contributed by atoms with van der Waals surface area (Å²) in [6.07, 6.45) is 0. The van der Waals surface area contributed by atoms with Crippen molar-refractivity contribution in [3.05, 3.63) is 69.2 Å². The topological polar surface area (TPSA) is 32.3 Å². The third-order valence-electron chi connectivity index (χ3n) is 2.94. The third kappa shape index (κ3) is 4.05. The first-order chi connectivity index (χ1) is 9.20. The van der Waals surface area contributed by atoms with Crippen LogP contribution in [0.1, 0.15) is 17.2 Å². The van der Waals surface area contributed by atoms with Crippen LogP contribution in [0, 0.1) is 0 Å². The lowest BCUT2D eigenvalue weighted by atomic mass is 10.1. The van der Waals surface area contributed by atoms with Gasteiger partial charge >= 0.3 is 0 Å². The highest BCUT2D eigenvalue weighted by Gasteiger charge is 2.10. The molecule has 0 heterocycles. The lowest BCUT2D eigenvalue weighted by Gasteiger charge is -2.17. The molecule has 0 aromatic heterocycles. The van der Waals surface area contributed by atoms with E-state index in [0.717, 1.165) is 15.6 Å². The van der Waals surface area contributed by atoms with Crippen molar-refractivity contribution in [2.75, 3.05) is 6.61 Å². The molecule has 0 radical (unpaired) electrons. The van der Waals surface area contributed by atoms with Crippen molar-refractivity contribution >= 4 is 27.5 Å². The number of rotatable bonds is 5. The zero-order chi connectivity index (χ0) is 13.7. The molecular weight excluding hydrogens is 326 g/mol. The second-order valence-electron chi connectivity index (χ2n) is 4.26. The van der Waals surface area contributed by atoms with Crippen molar-refractivity contribution in [2.24, 2.45) is 0 Å². The fourth-order valence-electron chi connectivity index (χ4n) is 1.87. The molecule has 19 heavy (non-hydrogen) atoms. The van der Waals surface area contributed by atoms with Crippen molar-refractivity contribution in [3.63, 3.8) is 0 Å². The van der Waals surface area contributed by atoms with E-state index in [1.807, 2.05) is 48.5 Å². The minimum absolute atomic E-state index is 0.0647. The van der Waals surface area contributed by atoms with E-state index in [1.165, 1.54) is 0 Å². The standard InChI is InChI=1S/C15H15BrClNO/c16-14-8-13(17)7-6-12(14)9-18-15(10-19)11-4-2-1-3-5-11/h1-8,15,18-19H,9-10H2/t15-/m1/s1. The molecule has 0 unspecified atom stereocenters. The van der Waals surface area contributed by atoms with Gasteiger partial charge in [-0.2, -0.15) is 0 Å². The lowest BCUT2D eigenvalue weighted by Crippen LogP contribution is -2.24. The summed E-state index contributed by atoms with van der Waals surface area (Å²) in [6, 6.07) is 15.6. The first-order valence-electron chi connectivity index (χ1n) is 6.04. The number of hydrogen-bond donors (Lipinski definition) is 2. The third-order valence-corrected chi connectivity index (χ3v) is 3.91. The first-order valence-corrected chi connectivity index (χ1v) is 7.21. The second kappa shape index (κ2) is 7.06. The Morgan fingerprint density at radius 1 is 1.16 bits per heavy atom. The molecule has 2 aromatic carbocycles. The molecule has 0 saturated carbocycles. The normalized spacial score (nSPS) is 12.4. The Balaban J connectivity index is 2.04. The van der Waals surface area contributed by atoms with Crippen LogP contribution in [-0.4, -0.2) is 11.7 Å². The summed E-state index contributed by atoms with van der Waals surface area (Å²) in [5, 5.41) is 13.5. The largest absolute Gasteiger partial charge is 0.394 e. The summed E-state index contributed by atoms with van der Waals surface area (Å²) < 4.78 is 0.970. The Hall–Kier alpha value is -0.870. The van der Waals surface area contributed by atoms with Gasteiger partial charge in [0.05, 0.1) is 12.6 Å². The van der Waals surface area contributed by atoms with Gasteiger partial charge in [0.25, 0.3) is 0 Å². The predicted octanol–water partition coefficient (Wildman–Crippen LogP) is 3.93. The molecule has 0 aliphatic rings. The maximum Gasteiger partial charge on any atom is 0.0626 e. The highest BCUT2D eigenvalue weighted by atomic mass is 79.9. The number of aliphatic hydroxyl groups is 1. The van der Waals surface area contributed by atoms with Gasteiger partial charge < -0.3 is 10.4 Å². The van der Waals surface area contributed by atoms with E-state index in [0.29, 0.717) is 11.6 Å². The molecule has 2 nitrogen and oxygen atoms in total. The van der Waals surface area contributed by atoms with Crippen LogP contribution in [0.25, 0.3) is 0 Å². The van der Waals surface area contributed by atoms with Crippen molar-refractivity contribution in [3.8, 4) is 0 Å². The number of aliphatic hydroxyl groups excluding tert-OH is 1. The van der Waals surface area contributed by atoms with Crippen molar-refractivity contribution < 1.29 is 5.11 Å². The summed E-state index contributed by atoms with van der Waals surface area (Å²) in [5.74, 6) is 0. The smallest absolute Gasteiger partial charge is 0.0626 e. The number of benzene rings is 2.